The van der Waals surface area contributed by atoms with E-state index in [-0.39, 0.29) is 5.91 Å². The number of para-hydroxylation sites is 1. The molecule has 0 bridgehead atoms. The number of thiazole rings is 1. The van der Waals surface area contributed by atoms with Gasteiger partial charge >= 0.3 is 0 Å². The van der Waals surface area contributed by atoms with E-state index in [9.17, 15) is 4.79 Å². The molecule has 0 saturated carbocycles. The summed E-state index contributed by atoms with van der Waals surface area (Å²) >= 11 is 1.79. The SMILES string of the molecule is CC1=NN(c2ccc(C(=O)N3CCC(c4nc5ccccc5s4)CC3)cc2)CC1. The molecule has 5 nitrogen and oxygen atoms in total. The molecule has 2 aromatic carbocycles. The highest BCUT2D eigenvalue weighted by Crippen LogP contribution is 2.34. The van der Waals surface area contributed by atoms with Crippen LogP contribution >= 0.6 is 11.3 Å². The number of hydrazone groups is 1. The third-order valence-corrected chi connectivity index (χ3v) is 7.03. The Morgan fingerprint density at radius 3 is 2.48 bits per heavy atom. The van der Waals surface area contributed by atoms with Crippen LogP contribution in [0.2, 0.25) is 0 Å². The van der Waals surface area contributed by atoms with Crippen molar-refractivity contribution in [1.82, 2.24) is 9.88 Å². The number of benzene rings is 2. The molecule has 6 heteroatoms. The summed E-state index contributed by atoms with van der Waals surface area (Å²) in [6.07, 6.45) is 2.96. The first-order valence-corrected chi connectivity index (χ1v) is 11.1. The van der Waals surface area contributed by atoms with Gasteiger partial charge in [0.1, 0.15) is 0 Å². The Balaban J connectivity index is 1.23. The predicted octanol–water partition coefficient (Wildman–Crippen LogP) is 4.90. The van der Waals surface area contributed by atoms with Crippen LogP contribution in [0.15, 0.2) is 53.6 Å². The molecule has 0 spiro atoms. The highest BCUT2D eigenvalue weighted by atomic mass is 32.1. The normalized spacial score (nSPS) is 17.8. The second kappa shape index (κ2) is 7.59. The number of amides is 1. The zero-order valence-electron chi connectivity index (χ0n) is 16.5. The van der Waals surface area contributed by atoms with Gasteiger partial charge in [0.2, 0.25) is 0 Å². The van der Waals surface area contributed by atoms with Crippen LogP contribution in [0.3, 0.4) is 0 Å². The highest BCUT2D eigenvalue weighted by molar-refractivity contribution is 7.18. The number of anilines is 1. The molecule has 1 saturated heterocycles. The molecule has 0 atom stereocenters. The number of fused-ring (bicyclic) bond motifs is 1. The van der Waals surface area contributed by atoms with Gasteiger partial charge in [0.25, 0.3) is 5.91 Å². The molecule has 148 valence electrons. The van der Waals surface area contributed by atoms with Crippen molar-refractivity contribution >= 4 is 38.9 Å². The lowest BCUT2D eigenvalue weighted by atomic mass is 9.97. The molecule has 0 radical (unpaired) electrons. The van der Waals surface area contributed by atoms with Gasteiger partial charge in [-0.05, 0) is 56.2 Å². The minimum Gasteiger partial charge on any atom is -0.339 e. The number of rotatable bonds is 3. The van der Waals surface area contributed by atoms with Crippen molar-refractivity contribution in [2.75, 3.05) is 24.6 Å². The van der Waals surface area contributed by atoms with Crippen molar-refractivity contribution in [3.05, 3.63) is 59.1 Å². The molecule has 2 aliphatic rings. The summed E-state index contributed by atoms with van der Waals surface area (Å²) in [6.45, 7) is 4.54. The van der Waals surface area contributed by atoms with Gasteiger partial charge in [-0.3, -0.25) is 9.80 Å². The summed E-state index contributed by atoms with van der Waals surface area (Å²) in [4.78, 5) is 19.7. The van der Waals surface area contributed by atoms with Gasteiger partial charge in [0.15, 0.2) is 0 Å². The van der Waals surface area contributed by atoms with E-state index in [1.807, 2.05) is 40.2 Å². The molecule has 0 aliphatic carbocycles. The molecular weight excluding hydrogens is 380 g/mol. The minimum absolute atomic E-state index is 0.125. The number of hydrogen-bond donors (Lipinski definition) is 0. The lowest BCUT2D eigenvalue weighted by Gasteiger charge is -2.31. The Kier molecular flexibility index (Phi) is 4.79. The maximum Gasteiger partial charge on any atom is 0.253 e. The molecule has 29 heavy (non-hydrogen) atoms. The number of likely N-dealkylation sites (tertiary alicyclic amines) is 1. The van der Waals surface area contributed by atoms with Crippen LogP contribution in [-0.4, -0.2) is 41.1 Å². The number of nitrogens with zero attached hydrogens (tertiary/aromatic N) is 4. The van der Waals surface area contributed by atoms with Crippen molar-refractivity contribution in [2.24, 2.45) is 5.10 Å². The predicted molar refractivity (Wildman–Crippen MR) is 119 cm³/mol. The van der Waals surface area contributed by atoms with E-state index >= 15 is 0 Å². The van der Waals surface area contributed by atoms with Crippen LogP contribution in [0, 0.1) is 0 Å². The lowest BCUT2D eigenvalue weighted by Crippen LogP contribution is -2.37. The average Bonchev–Trinajstić information content (AvgIpc) is 3.40. The van der Waals surface area contributed by atoms with Crippen molar-refractivity contribution in [3.63, 3.8) is 0 Å². The van der Waals surface area contributed by atoms with Crippen molar-refractivity contribution < 1.29 is 4.79 Å². The van der Waals surface area contributed by atoms with Crippen molar-refractivity contribution in [3.8, 4) is 0 Å². The Hall–Kier alpha value is -2.73. The van der Waals surface area contributed by atoms with Crippen LogP contribution in [-0.2, 0) is 0 Å². The van der Waals surface area contributed by atoms with E-state index in [2.05, 4.69) is 30.2 Å². The van der Waals surface area contributed by atoms with Gasteiger partial charge < -0.3 is 4.90 Å². The average molecular weight is 405 g/mol. The number of carbonyl (C=O) groups is 1. The molecule has 2 aliphatic heterocycles. The number of aromatic nitrogens is 1. The number of hydrogen-bond acceptors (Lipinski definition) is 5. The van der Waals surface area contributed by atoms with Crippen molar-refractivity contribution in [1.29, 1.82) is 0 Å². The standard InChI is InChI=1S/C23H24N4OS/c1-16-10-15-27(25-16)19-8-6-18(7-9-19)23(28)26-13-11-17(12-14-26)22-24-20-4-2-3-5-21(20)29-22/h2-9,17H,10-15H2,1H3. The van der Waals surface area contributed by atoms with E-state index in [4.69, 9.17) is 4.98 Å². The molecule has 1 fully saturated rings. The summed E-state index contributed by atoms with van der Waals surface area (Å²) in [5.41, 5.74) is 4.05. The summed E-state index contributed by atoms with van der Waals surface area (Å²) in [5.74, 6) is 0.579. The Bertz CT molecular complexity index is 1030. The van der Waals surface area contributed by atoms with Gasteiger partial charge in [-0.2, -0.15) is 5.10 Å². The molecular formula is C23H24N4OS. The van der Waals surface area contributed by atoms with Crippen LogP contribution in [0.25, 0.3) is 10.2 Å². The Labute approximate surface area is 174 Å². The van der Waals surface area contributed by atoms with Gasteiger partial charge in [-0.15, -0.1) is 11.3 Å². The second-order valence-electron chi connectivity index (χ2n) is 7.84. The summed E-state index contributed by atoms with van der Waals surface area (Å²) in [5, 5.41) is 7.74. The highest BCUT2D eigenvalue weighted by Gasteiger charge is 2.26. The third kappa shape index (κ3) is 3.65. The topological polar surface area (TPSA) is 48.8 Å². The first kappa shape index (κ1) is 18.3. The first-order valence-electron chi connectivity index (χ1n) is 10.2. The number of carbonyl (C=O) groups excluding carboxylic acids is 1. The van der Waals surface area contributed by atoms with E-state index < -0.39 is 0 Å². The largest absolute Gasteiger partial charge is 0.339 e. The monoisotopic (exact) mass is 404 g/mol. The number of piperidine rings is 1. The Morgan fingerprint density at radius 2 is 1.79 bits per heavy atom. The minimum atomic E-state index is 0.125. The van der Waals surface area contributed by atoms with E-state index in [1.165, 1.54) is 9.71 Å². The molecule has 0 N–H and O–H groups in total. The molecule has 1 aromatic heterocycles. The molecule has 3 heterocycles. The summed E-state index contributed by atoms with van der Waals surface area (Å²) < 4.78 is 1.25. The fourth-order valence-electron chi connectivity index (χ4n) is 4.11. The second-order valence-corrected chi connectivity index (χ2v) is 8.90. The van der Waals surface area contributed by atoms with Crippen LogP contribution in [0.5, 0.6) is 0 Å². The fourth-order valence-corrected chi connectivity index (χ4v) is 5.25. The third-order valence-electron chi connectivity index (χ3n) is 5.83. The zero-order chi connectivity index (χ0) is 19.8. The van der Waals surface area contributed by atoms with E-state index in [0.717, 1.165) is 61.4 Å². The summed E-state index contributed by atoms with van der Waals surface area (Å²) in [6, 6.07) is 16.2. The van der Waals surface area contributed by atoms with Gasteiger partial charge in [0, 0.05) is 43.2 Å². The maximum absolute atomic E-state index is 12.9. The van der Waals surface area contributed by atoms with Gasteiger partial charge in [0.05, 0.1) is 20.9 Å². The Morgan fingerprint density at radius 1 is 1.03 bits per heavy atom. The lowest BCUT2D eigenvalue weighted by molar-refractivity contribution is 0.0713. The summed E-state index contributed by atoms with van der Waals surface area (Å²) in [7, 11) is 0. The van der Waals surface area contributed by atoms with Crippen molar-refractivity contribution in [2.45, 2.75) is 32.1 Å². The van der Waals surface area contributed by atoms with Gasteiger partial charge in [-0.1, -0.05) is 12.1 Å². The molecule has 0 unspecified atom stereocenters. The maximum atomic E-state index is 12.9. The van der Waals surface area contributed by atoms with Crippen LogP contribution in [0.1, 0.15) is 47.5 Å². The van der Waals surface area contributed by atoms with E-state index in [1.54, 1.807) is 11.3 Å². The fraction of sp³-hybridized carbons (Fsp3) is 0.348. The van der Waals surface area contributed by atoms with Gasteiger partial charge in [-0.25, -0.2) is 4.98 Å². The van der Waals surface area contributed by atoms with E-state index in [0.29, 0.717) is 5.92 Å². The molecule has 3 aromatic rings. The van der Waals surface area contributed by atoms with Crippen LogP contribution in [0.4, 0.5) is 5.69 Å². The first-order chi connectivity index (χ1) is 14.2. The molecule has 5 rings (SSSR count). The quantitative estimate of drug-likeness (QED) is 0.624. The van der Waals surface area contributed by atoms with Crippen LogP contribution < -0.4 is 5.01 Å². The zero-order valence-corrected chi connectivity index (χ0v) is 17.4. The smallest absolute Gasteiger partial charge is 0.253 e. The molecule has 1 amide bonds.